The van der Waals surface area contributed by atoms with Crippen molar-refractivity contribution in [3.63, 3.8) is 0 Å². The van der Waals surface area contributed by atoms with Gasteiger partial charge in [-0.05, 0) is 37.5 Å². The van der Waals surface area contributed by atoms with Crippen molar-refractivity contribution in [1.82, 2.24) is 0 Å². The molecule has 1 rings (SSSR count). The van der Waals surface area contributed by atoms with E-state index < -0.39 is 0 Å². The van der Waals surface area contributed by atoms with Crippen LogP contribution in [0.1, 0.15) is 24.5 Å². The Hall–Kier alpha value is -1.51. The highest BCUT2D eigenvalue weighted by atomic mass is 16.5. The van der Waals surface area contributed by atoms with Gasteiger partial charge in [0, 0.05) is 6.42 Å². The van der Waals surface area contributed by atoms with Crippen molar-refractivity contribution < 1.29 is 14.6 Å². The summed E-state index contributed by atoms with van der Waals surface area (Å²) >= 11 is 0. The summed E-state index contributed by atoms with van der Waals surface area (Å²) in [4.78, 5) is 11.1. The van der Waals surface area contributed by atoms with Gasteiger partial charge in [-0.1, -0.05) is 12.1 Å². The largest absolute Gasteiger partial charge is 0.508 e. The van der Waals surface area contributed by atoms with Gasteiger partial charge in [0.2, 0.25) is 0 Å². The molecule has 0 heterocycles. The highest BCUT2D eigenvalue weighted by molar-refractivity contribution is 5.69. The van der Waals surface area contributed by atoms with Crippen molar-refractivity contribution >= 4 is 5.97 Å². The maximum Gasteiger partial charge on any atom is 0.306 e. The summed E-state index contributed by atoms with van der Waals surface area (Å²) in [5, 5.41) is 9.31. The van der Waals surface area contributed by atoms with E-state index in [2.05, 4.69) is 0 Å². The Labute approximate surface area is 89.7 Å². The fourth-order valence-electron chi connectivity index (χ4n) is 1.35. The Balaban J connectivity index is 2.51. The molecule has 0 spiro atoms. The number of rotatable bonds is 4. The molecule has 15 heavy (non-hydrogen) atoms. The Morgan fingerprint density at radius 2 is 2.20 bits per heavy atom. The van der Waals surface area contributed by atoms with Crippen LogP contribution in [0.3, 0.4) is 0 Å². The first kappa shape index (κ1) is 11.6. The first-order chi connectivity index (χ1) is 7.13. The minimum Gasteiger partial charge on any atom is -0.508 e. The van der Waals surface area contributed by atoms with E-state index in [1.807, 2.05) is 19.1 Å². The van der Waals surface area contributed by atoms with Crippen LogP contribution in [0.5, 0.6) is 5.75 Å². The Morgan fingerprint density at radius 3 is 2.80 bits per heavy atom. The maximum absolute atomic E-state index is 11.1. The van der Waals surface area contributed by atoms with Crippen molar-refractivity contribution in [2.75, 3.05) is 6.61 Å². The van der Waals surface area contributed by atoms with Gasteiger partial charge in [0.25, 0.3) is 0 Å². The van der Waals surface area contributed by atoms with Gasteiger partial charge in [-0.3, -0.25) is 4.79 Å². The molecule has 0 unspecified atom stereocenters. The van der Waals surface area contributed by atoms with Crippen molar-refractivity contribution in [3.05, 3.63) is 29.3 Å². The normalized spacial score (nSPS) is 10.0. The zero-order valence-corrected chi connectivity index (χ0v) is 9.12. The van der Waals surface area contributed by atoms with E-state index in [0.29, 0.717) is 19.4 Å². The number of hydrogen-bond acceptors (Lipinski definition) is 3. The number of ether oxygens (including phenoxy) is 1. The second kappa shape index (κ2) is 5.39. The van der Waals surface area contributed by atoms with Gasteiger partial charge in [-0.15, -0.1) is 0 Å². The third kappa shape index (κ3) is 3.62. The van der Waals surface area contributed by atoms with Crippen molar-refractivity contribution in [1.29, 1.82) is 0 Å². The zero-order chi connectivity index (χ0) is 11.3. The summed E-state index contributed by atoms with van der Waals surface area (Å²) in [6.45, 7) is 4.05. The molecule has 0 aliphatic heterocycles. The minimum absolute atomic E-state index is 0.178. The van der Waals surface area contributed by atoms with E-state index in [4.69, 9.17) is 4.74 Å². The van der Waals surface area contributed by atoms with Gasteiger partial charge < -0.3 is 9.84 Å². The monoisotopic (exact) mass is 208 g/mol. The predicted molar refractivity (Wildman–Crippen MR) is 57.8 cm³/mol. The number of esters is 1. The van der Waals surface area contributed by atoms with Crippen LogP contribution in [0.2, 0.25) is 0 Å². The average molecular weight is 208 g/mol. The van der Waals surface area contributed by atoms with E-state index >= 15 is 0 Å². The molecular formula is C12H16O3. The summed E-state index contributed by atoms with van der Waals surface area (Å²) < 4.78 is 4.83. The molecule has 1 aromatic rings. The van der Waals surface area contributed by atoms with E-state index in [1.165, 1.54) is 0 Å². The predicted octanol–water partition coefficient (Wildman–Crippen LogP) is 2.20. The molecule has 3 heteroatoms. The second-order valence-electron chi connectivity index (χ2n) is 3.43. The van der Waals surface area contributed by atoms with E-state index in [-0.39, 0.29) is 11.7 Å². The zero-order valence-electron chi connectivity index (χ0n) is 9.12. The van der Waals surface area contributed by atoms with E-state index in [0.717, 1.165) is 11.1 Å². The highest BCUT2D eigenvalue weighted by Gasteiger charge is 2.03. The third-order valence-corrected chi connectivity index (χ3v) is 2.18. The summed E-state index contributed by atoms with van der Waals surface area (Å²) in [5.41, 5.74) is 1.87. The molecule has 0 atom stereocenters. The van der Waals surface area contributed by atoms with Crippen LogP contribution in [0.15, 0.2) is 18.2 Å². The molecular weight excluding hydrogens is 192 g/mol. The number of phenols is 1. The minimum atomic E-state index is -0.178. The Morgan fingerprint density at radius 1 is 1.47 bits per heavy atom. The number of aryl methyl sites for hydroxylation is 2. The van der Waals surface area contributed by atoms with Crippen LogP contribution >= 0.6 is 0 Å². The lowest BCUT2D eigenvalue weighted by molar-refractivity contribution is -0.143. The second-order valence-corrected chi connectivity index (χ2v) is 3.43. The first-order valence-electron chi connectivity index (χ1n) is 5.07. The van der Waals surface area contributed by atoms with Crippen LogP contribution in [0.4, 0.5) is 0 Å². The maximum atomic E-state index is 11.1. The summed E-state index contributed by atoms with van der Waals surface area (Å²) in [6, 6.07) is 5.35. The van der Waals surface area contributed by atoms with Crippen molar-refractivity contribution in [2.24, 2.45) is 0 Å². The molecule has 0 fully saturated rings. The Bertz CT molecular complexity index is 345. The number of benzene rings is 1. The SMILES string of the molecule is CCOC(=O)CCc1ccc(O)c(C)c1. The summed E-state index contributed by atoms with van der Waals surface area (Å²) in [6.07, 6.45) is 1.04. The fraction of sp³-hybridized carbons (Fsp3) is 0.417. The molecule has 0 amide bonds. The van der Waals surface area contributed by atoms with Crippen LogP contribution in [0, 0.1) is 6.92 Å². The molecule has 1 N–H and O–H groups in total. The number of hydrogen-bond donors (Lipinski definition) is 1. The van der Waals surface area contributed by atoms with Gasteiger partial charge in [0.05, 0.1) is 6.61 Å². The molecule has 0 aliphatic rings. The average Bonchev–Trinajstić information content (AvgIpc) is 2.20. The van der Waals surface area contributed by atoms with Crippen molar-refractivity contribution in [3.8, 4) is 5.75 Å². The molecule has 3 nitrogen and oxygen atoms in total. The van der Waals surface area contributed by atoms with Gasteiger partial charge in [-0.25, -0.2) is 0 Å². The first-order valence-corrected chi connectivity index (χ1v) is 5.07. The Kier molecular flexibility index (Phi) is 4.16. The molecule has 0 saturated heterocycles. The standard InChI is InChI=1S/C12H16O3/c1-3-15-12(14)7-5-10-4-6-11(13)9(2)8-10/h4,6,8,13H,3,5,7H2,1-2H3. The van der Waals surface area contributed by atoms with Gasteiger partial charge in [0.15, 0.2) is 0 Å². The molecule has 0 bridgehead atoms. The van der Waals surface area contributed by atoms with Crippen LogP contribution in [-0.4, -0.2) is 17.7 Å². The fourth-order valence-corrected chi connectivity index (χ4v) is 1.35. The van der Waals surface area contributed by atoms with Gasteiger partial charge in [0.1, 0.15) is 5.75 Å². The lowest BCUT2D eigenvalue weighted by atomic mass is 10.1. The van der Waals surface area contributed by atoms with E-state index in [1.54, 1.807) is 13.0 Å². The topological polar surface area (TPSA) is 46.5 Å². The lowest BCUT2D eigenvalue weighted by Crippen LogP contribution is -2.05. The molecule has 0 radical (unpaired) electrons. The van der Waals surface area contributed by atoms with Crippen LogP contribution in [0.25, 0.3) is 0 Å². The molecule has 1 aromatic carbocycles. The van der Waals surface area contributed by atoms with Crippen LogP contribution < -0.4 is 0 Å². The molecule has 82 valence electrons. The smallest absolute Gasteiger partial charge is 0.306 e. The molecule has 0 aliphatic carbocycles. The van der Waals surface area contributed by atoms with Crippen molar-refractivity contribution in [2.45, 2.75) is 26.7 Å². The number of carbonyl (C=O) groups is 1. The summed E-state index contributed by atoms with van der Waals surface area (Å²) in [5.74, 6) is 0.109. The van der Waals surface area contributed by atoms with E-state index in [9.17, 15) is 9.90 Å². The van der Waals surface area contributed by atoms with Gasteiger partial charge in [-0.2, -0.15) is 0 Å². The highest BCUT2D eigenvalue weighted by Crippen LogP contribution is 2.17. The lowest BCUT2D eigenvalue weighted by Gasteiger charge is -2.04. The summed E-state index contributed by atoms with van der Waals surface area (Å²) in [7, 11) is 0. The van der Waals surface area contributed by atoms with Crippen LogP contribution in [-0.2, 0) is 16.0 Å². The number of aromatic hydroxyl groups is 1. The third-order valence-electron chi connectivity index (χ3n) is 2.18. The number of phenolic OH excluding ortho intramolecular Hbond substituents is 1. The quantitative estimate of drug-likeness (QED) is 0.771. The molecule has 0 saturated carbocycles. The molecule has 0 aromatic heterocycles. The number of carbonyl (C=O) groups excluding carboxylic acids is 1. The van der Waals surface area contributed by atoms with Gasteiger partial charge >= 0.3 is 5.97 Å².